The summed E-state index contributed by atoms with van der Waals surface area (Å²) in [6, 6.07) is 14.8. The van der Waals surface area contributed by atoms with E-state index in [2.05, 4.69) is 50.2 Å². The molecular weight excluding hydrogens is 344 g/mol. The van der Waals surface area contributed by atoms with Gasteiger partial charge >= 0.3 is 0 Å². The molecule has 1 saturated carbocycles. The largest absolute Gasteiger partial charge is 0.508 e. The second kappa shape index (κ2) is 6.22. The van der Waals surface area contributed by atoms with Gasteiger partial charge in [-0.2, -0.15) is 0 Å². The lowest BCUT2D eigenvalue weighted by atomic mass is 9.55. The van der Waals surface area contributed by atoms with Gasteiger partial charge < -0.3 is 10.2 Å². The molecule has 5 rings (SSSR count). The summed E-state index contributed by atoms with van der Waals surface area (Å²) in [5.41, 5.74) is 8.50. The second-order valence-electron chi connectivity index (χ2n) is 9.53. The Balaban J connectivity index is 1.64. The van der Waals surface area contributed by atoms with Crippen LogP contribution in [0.5, 0.6) is 5.75 Å². The molecule has 0 aliphatic heterocycles. The number of benzene rings is 2. The number of aromatic hydroxyl groups is 1. The summed E-state index contributed by atoms with van der Waals surface area (Å²) in [6.45, 7) is 4.46. The molecule has 1 fully saturated rings. The fourth-order valence-electron chi connectivity index (χ4n) is 6.58. The third-order valence-electron chi connectivity index (χ3n) is 8.01. The van der Waals surface area contributed by atoms with Gasteiger partial charge in [-0.25, -0.2) is 0 Å². The lowest BCUT2D eigenvalue weighted by molar-refractivity contribution is 0.149. The van der Waals surface area contributed by atoms with Gasteiger partial charge in [-0.3, -0.25) is 0 Å². The zero-order valence-corrected chi connectivity index (χ0v) is 17.0. The molecule has 3 aliphatic carbocycles. The number of hydrogen-bond acceptors (Lipinski definition) is 2. The predicted octanol–water partition coefficient (Wildman–Crippen LogP) is 5.38. The summed E-state index contributed by atoms with van der Waals surface area (Å²) < 4.78 is 0. The van der Waals surface area contributed by atoms with Crippen molar-refractivity contribution in [2.24, 2.45) is 5.41 Å². The minimum absolute atomic E-state index is 0.0472. The zero-order valence-electron chi connectivity index (χ0n) is 17.0. The standard InChI is InChI=1S/C26H30O2/c1-17-20-8-9-22-23-14-19(27)16-26(23,15-18-6-4-3-5-7-18)13-12-25(22,2)21(20)10-11-24(17)28/h3-7,10-11,19,27-28H,8-9,12-16H2,1-2H3/t19-,25-,26+/m0/s1. The molecule has 0 heterocycles. The highest BCUT2D eigenvalue weighted by molar-refractivity contribution is 5.55. The second-order valence-corrected chi connectivity index (χ2v) is 9.53. The zero-order chi connectivity index (χ0) is 19.5. The lowest BCUT2D eigenvalue weighted by Crippen LogP contribution is -2.40. The van der Waals surface area contributed by atoms with Crippen LogP contribution in [-0.2, 0) is 18.3 Å². The third kappa shape index (κ3) is 2.50. The summed E-state index contributed by atoms with van der Waals surface area (Å²) in [4.78, 5) is 0. The molecular formula is C26H30O2. The van der Waals surface area contributed by atoms with Crippen LogP contribution in [0.25, 0.3) is 0 Å². The number of phenols is 1. The minimum atomic E-state index is -0.212. The van der Waals surface area contributed by atoms with Gasteiger partial charge in [0.25, 0.3) is 0 Å². The number of aliphatic hydroxyl groups is 1. The Morgan fingerprint density at radius 2 is 1.79 bits per heavy atom. The van der Waals surface area contributed by atoms with Gasteiger partial charge in [-0.1, -0.05) is 54.5 Å². The molecule has 3 atom stereocenters. The Morgan fingerprint density at radius 3 is 2.57 bits per heavy atom. The maximum atomic E-state index is 10.7. The number of allylic oxidation sites excluding steroid dienone is 1. The van der Waals surface area contributed by atoms with E-state index < -0.39 is 0 Å². The van der Waals surface area contributed by atoms with E-state index >= 15 is 0 Å². The summed E-state index contributed by atoms with van der Waals surface area (Å²) in [5, 5.41) is 20.9. The van der Waals surface area contributed by atoms with E-state index in [1.54, 1.807) is 11.1 Å². The molecule has 2 heteroatoms. The average molecular weight is 375 g/mol. The Kier molecular flexibility index (Phi) is 4.00. The van der Waals surface area contributed by atoms with Gasteiger partial charge in [0, 0.05) is 5.41 Å². The number of fused-ring (bicyclic) bond motifs is 4. The topological polar surface area (TPSA) is 40.5 Å². The molecule has 0 aromatic heterocycles. The van der Waals surface area contributed by atoms with Crippen LogP contribution < -0.4 is 0 Å². The van der Waals surface area contributed by atoms with Crippen molar-refractivity contribution in [3.63, 3.8) is 0 Å². The fourth-order valence-corrected chi connectivity index (χ4v) is 6.58. The van der Waals surface area contributed by atoms with E-state index in [0.717, 1.165) is 50.5 Å². The predicted molar refractivity (Wildman–Crippen MR) is 113 cm³/mol. The highest BCUT2D eigenvalue weighted by Gasteiger charge is 2.52. The Hall–Kier alpha value is -2.06. The Labute approximate surface area is 167 Å². The van der Waals surface area contributed by atoms with Crippen LogP contribution in [0.3, 0.4) is 0 Å². The first kappa shape index (κ1) is 18.0. The van der Waals surface area contributed by atoms with Crippen LogP contribution in [0.4, 0.5) is 0 Å². The van der Waals surface area contributed by atoms with Gasteiger partial charge in [0.05, 0.1) is 6.10 Å². The van der Waals surface area contributed by atoms with Gasteiger partial charge in [-0.15, -0.1) is 0 Å². The van der Waals surface area contributed by atoms with Crippen LogP contribution in [0.15, 0.2) is 53.6 Å². The van der Waals surface area contributed by atoms with Gasteiger partial charge in [0.15, 0.2) is 0 Å². The third-order valence-corrected chi connectivity index (χ3v) is 8.01. The summed E-state index contributed by atoms with van der Waals surface area (Å²) in [7, 11) is 0. The molecule has 2 aromatic carbocycles. The summed E-state index contributed by atoms with van der Waals surface area (Å²) in [6.07, 6.45) is 6.89. The van der Waals surface area contributed by atoms with Crippen molar-refractivity contribution in [3.8, 4) is 5.75 Å². The van der Waals surface area contributed by atoms with Crippen molar-refractivity contribution < 1.29 is 10.2 Å². The summed E-state index contributed by atoms with van der Waals surface area (Å²) >= 11 is 0. The molecule has 2 N–H and O–H groups in total. The van der Waals surface area contributed by atoms with Crippen molar-refractivity contribution in [1.82, 2.24) is 0 Å². The fraction of sp³-hybridized carbons (Fsp3) is 0.462. The highest BCUT2D eigenvalue weighted by atomic mass is 16.3. The molecule has 2 nitrogen and oxygen atoms in total. The Bertz CT molecular complexity index is 958. The number of hydrogen-bond donors (Lipinski definition) is 2. The number of phenolic OH excluding ortho intramolecular Hbond substituents is 1. The first-order valence-corrected chi connectivity index (χ1v) is 10.7. The molecule has 2 aromatic rings. The average Bonchev–Trinajstić information content (AvgIpc) is 3.01. The first-order valence-electron chi connectivity index (χ1n) is 10.7. The van der Waals surface area contributed by atoms with Crippen molar-refractivity contribution in [2.75, 3.05) is 0 Å². The maximum Gasteiger partial charge on any atom is 0.118 e. The molecule has 0 bridgehead atoms. The molecule has 0 amide bonds. The van der Waals surface area contributed by atoms with Crippen LogP contribution in [0.2, 0.25) is 0 Å². The van der Waals surface area contributed by atoms with E-state index in [9.17, 15) is 10.2 Å². The van der Waals surface area contributed by atoms with E-state index in [4.69, 9.17) is 0 Å². The van der Waals surface area contributed by atoms with Crippen molar-refractivity contribution in [2.45, 2.75) is 70.3 Å². The molecule has 0 unspecified atom stereocenters. The van der Waals surface area contributed by atoms with Gasteiger partial charge in [0.2, 0.25) is 0 Å². The number of rotatable bonds is 2. The van der Waals surface area contributed by atoms with E-state index in [1.165, 1.54) is 16.7 Å². The van der Waals surface area contributed by atoms with Crippen LogP contribution in [-0.4, -0.2) is 16.3 Å². The SMILES string of the molecule is Cc1c(O)ccc2c1CCC1=C3C[C@H](O)C[C@]3(Cc3ccccc3)CC[C@]12C. The molecule has 146 valence electrons. The number of aliphatic hydroxyl groups excluding tert-OH is 1. The van der Waals surface area contributed by atoms with Crippen molar-refractivity contribution >= 4 is 0 Å². The summed E-state index contributed by atoms with van der Waals surface area (Å²) in [5.74, 6) is 0.420. The van der Waals surface area contributed by atoms with E-state index in [-0.39, 0.29) is 16.9 Å². The quantitative estimate of drug-likeness (QED) is 0.693. The van der Waals surface area contributed by atoms with Crippen LogP contribution in [0, 0.1) is 12.3 Å². The molecule has 0 spiro atoms. The molecule has 0 saturated heterocycles. The van der Waals surface area contributed by atoms with Crippen molar-refractivity contribution in [3.05, 3.63) is 75.9 Å². The highest BCUT2D eigenvalue weighted by Crippen LogP contribution is 2.61. The van der Waals surface area contributed by atoms with E-state index in [1.807, 2.05) is 6.07 Å². The smallest absolute Gasteiger partial charge is 0.118 e. The normalized spacial score (nSPS) is 31.3. The first-order chi connectivity index (χ1) is 13.4. The van der Waals surface area contributed by atoms with Gasteiger partial charge in [-0.05, 0) is 85.6 Å². The minimum Gasteiger partial charge on any atom is -0.508 e. The van der Waals surface area contributed by atoms with Crippen LogP contribution >= 0.6 is 0 Å². The Morgan fingerprint density at radius 1 is 1.00 bits per heavy atom. The van der Waals surface area contributed by atoms with Crippen LogP contribution in [0.1, 0.15) is 61.3 Å². The van der Waals surface area contributed by atoms with Gasteiger partial charge in [0.1, 0.15) is 5.75 Å². The molecule has 28 heavy (non-hydrogen) atoms. The van der Waals surface area contributed by atoms with E-state index in [0.29, 0.717) is 5.75 Å². The monoisotopic (exact) mass is 374 g/mol. The lowest BCUT2D eigenvalue weighted by Gasteiger charge is -2.49. The maximum absolute atomic E-state index is 10.7. The molecule has 0 radical (unpaired) electrons. The van der Waals surface area contributed by atoms with Crippen molar-refractivity contribution in [1.29, 1.82) is 0 Å². The molecule has 3 aliphatic rings.